The van der Waals surface area contributed by atoms with Crippen molar-refractivity contribution in [1.82, 2.24) is 9.78 Å². The van der Waals surface area contributed by atoms with Gasteiger partial charge >= 0.3 is 0 Å². The quantitative estimate of drug-likeness (QED) is 0.506. The Morgan fingerprint density at radius 1 is 1.35 bits per heavy atom. The predicted molar refractivity (Wildman–Crippen MR) is 111 cm³/mol. The minimum atomic E-state index is -0.250. The molecule has 1 unspecified atom stereocenters. The van der Waals surface area contributed by atoms with Crippen molar-refractivity contribution in [2.24, 2.45) is 5.92 Å². The van der Waals surface area contributed by atoms with Gasteiger partial charge in [0, 0.05) is 17.5 Å². The zero-order valence-electron chi connectivity index (χ0n) is 16.6. The van der Waals surface area contributed by atoms with Gasteiger partial charge in [0.15, 0.2) is 0 Å². The van der Waals surface area contributed by atoms with Crippen LogP contribution in [0.5, 0.6) is 0 Å². The number of nitrogens with zero attached hydrogens (tertiary/aromatic N) is 2. The molecule has 0 aliphatic rings. The number of aryl methyl sites for hydroxylation is 1. The van der Waals surface area contributed by atoms with Crippen molar-refractivity contribution in [3.63, 3.8) is 0 Å². The van der Waals surface area contributed by atoms with Crippen LogP contribution in [0.2, 0.25) is 0 Å². The van der Waals surface area contributed by atoms with E-state index in [1.165, 1.54) is 11.1 Å². The number of hydrogen-bond acceptors (Lipinski definition) is 2. The van der Waals surface area contributed by atoms with Gasteiger partial charge in [-0.05, 0) is 38.2 Å². The van der Waals surface area contributed by atoms with Gasteiger partial charge < -0.3 is 5.11 Å². The fourth-order valence-electron chi connectivity index (χ4n) is 2.33. The fraction of sp³-hybridized carbons (Fsp3) is 0.364. The summed E-state index contributed by atoms with van der Waals surface area (Å²) in [5.74, 6) is 0.548. The highest BCUT2D eigenvalue weighted by Crippen LogP contribution is 2.21. The van der Waals surface area contributed by atoms with Crippen molar-refractivity contribution < 1.29 is 9.90 Å². The smallest absolute Gasteiger partial charge is 0.290 e. The van der Waals surface area contributed by atoms with Crippen LogP contribution in [0.1, 0.15) is 46.1 Å². The van der Waals surface area contributed by atoms with Crippen LogP contribution >= 0.6 is 0 Å². The Labute approximate surface area is 157 Å². The Bertz CT molecular complexity index is 687. The molecule has 1 aromatic heterocycles. The number of rotatable bonds is 6. The molecule has 0 spiro atoms. The van der Waals surface area contributed by atoms with Gasteiger partial charge in [-0.1, -0.05) is 62.8 Å². The number of aromatic nitrogens is 2. The largest absolute Gasteiger partial charge is 0.483 e. The summed E-state index contributed by atoms with van der Waals surface area (Å²) in [6.07, 6.45) is 10.4. The van der Waals surface area contributed by atoms with Crippen LogP contribution in [-0.4, -0.2) is 21.4 Å². The van der Waals surface area contributed by atoms with Crippen molar-refractivity contribution in [1.29, 1.82) is 0 Å². The second-order valence-electron chi connectivity index (χ2n) is 5.63. The summed E-state index contributed by atoms with van der Waals surface area (Å²) in [6.45, 7) is 14.0. The lowest BCUT2D eigenvalue weighted by Crippen LogP contribution is -1.96. The van der Waals surface area contributed by atoms with Crippen molar-refractivity contribution in [2.75, 3.05) is 0 Å². The average molecular weight is 357 g/mol. The van der Waals surface area contributed by atoms with Crippen molar-refractivity contribution in [3.8, 4) is 11.1 Å². The van der Waals surface area contributed by atoms with Gasteiger partial charge in [0.05, 0.1) is 6.20 Å². The monoisotopic (exact) mass is 356 g/mol. The number of carbonyl (C=O) groups is 1. The molecule has 0 radical (unpaired) electrons. The van der Waals surface area contributed by atoms with E-state index < -0.39 is 0 Å². The molecule has 1 N–H and O–H groups in total. The van der Waals surface area contributed by atoms with Crippen molar-refractivity contribution in [3.05, 3.63) is 61.0 Å². The van der Waals surface area contributed by atoms with E-state index in [2.05, 4.69) is 69.0 Å². The van der Waals surface area contributed by atoms with E-state index >= 15 is 0 Å². The van der Waals surface area contributed by atoms with Gasteiger partial charge in [0.1, 0.15) is 0 Å². The molecule has 4 heteroatoms. The van der Waals surface area contributed by atoms with Gasteiger partial charge in [0.25, 0.3) is 6.47 Å². The van der Waals surface area contributed by atoms with Gasteiger partial charge in [0.2, 0.25) is 0 Å². The average Bonchev–Trinajstić information content (AvgIpc) is 3.15. The molecular weight excluding hydrogens is 324 g/mol. The molecular formula is C22H32N2O2. The molecule has 26 heavy (non-hydrogen) atoms. The first-order chi connectivity index (χ1) is 12.5. The molecule has 0 aliphatic heterocycles. The van der Waals surface area contributed by atoms with E-state index in [0.29, 0.717) is 5.92 Å². The molecule has 1 heterocycles. The molecule has 0 aliphatic carbocycles. The summed E-state index contributed by atoms with van der Waals surface area (Å²) in [7, 11) is 0. The molecule has 0 saturated carbocycles. The van der Waals surface area contributed by atoms with E-state index in [1.807, 2.05) is 30.8 Å². The normalized spacial score (nSPS) is 11.3. The molecule has 1 atom stereocenters. The Balaban J connectivity index is 0.00000113. The Hall–Kier alpha value is -2.62. The van der Waals surface area contributed by atoms with Crippen molar-refractivity contribution in [2.45, 2.75) is 47.5 Å². The minimum Gasteiger partial charge on any atom is -0.483 e. The molecule has 0 saturated heterocycles. The van der Waals surface area contributed by atoms with E-state index in [1.54, 1.807) is 0 Å². The molecule has 142 valence electrons. The SMILES string of the molecule is C=CC(CC)C/C=C(\C)n1cc(-c2cccc(C)c2)cn1.CC.O=CO. The number of benzene rings is 1. The first-order valence-corrected chi connectivity index (χ1v) is 9.04. The summed E-state index contributed by atoms with van der Waals surface area (Å²) in [5, 5.41) is 11.4. The topological polar surface area (TPSA) is 55.1 Å². The van der Waals surface area contributed by atoms with Gasteiger partial charge in [-0.15, -0.1) is 6.58 Å². The van der Waals surface area contributed by atoms with Crippen LogP contribution < -0.4 is 0 Å². The van der Waals surface area contributed by atoms with Crippen LogP contribution in [0.25, 0.3) is 16.8 Å². The second kappa shape index (κ2) is 13.6. The molecule has 1 aromatic carbocycles. The standard InChI is InChI=1S/C19H24N2.C2H6.CH2O2/c1-5-17(6-2)11-10-16(4)21-14-19(13-20-21)18-9-7-8-15(3)12-18;1-2;2-1-3/h5,7-10,12-14,17H,1,6,11H2,2-4H3;1-2H3;1H,(H,2,3)/b16-10+;;. The highest BCUT2D eigenvalue weighted by molar-refractivity contribution is 5.63. The van der Waals surface area contributed by atoms with Gasteiger partial charge in [-0.2, -0.15) is 5.10 Å². The third kappa shape index (κ3) is 7.97. The summed E-state index contributed by atoms with van der Waals surface area (Å²) >= 11 is 0. The van der Waals surface area contributed by atoms with E-state index in [4.69, 9.17) is 9.90 Å². The summed E-state index contributed by atoms with van der Waals surface area (Å²) in [5.41, 5.74) is 4.80. The highest BCUT2D eigenvalue weighted by Gasteiger charge is 2.04. The maximum Gasteiger partial charge on any atom is 0.290 e. The molecule has 2 aromatic rings. The first kappa shape index (κ1) is 23.4. The first-order valence-electron chi connectivity index (χ1n) is 9.04. The highest BCUT2D eigenvalue weighted by atomic mass is 16.3. The fourth-order valence-corrected chi connectivity index (χ4v) is 2.33. The maximum absolute atomic E-state index is 8.36. The number of hydrogen-bond donors (Lipinski definition) is 1. The zero-order chi connectivity index (χ0) is 19.9. The van der Waals surface area contributed by atoms with Crippen LogP contribution in [-0.2, 0) is 4.79 Å². The lowest BCUT2D eigenvalue weighted by atomic mass is 10.0. The van der Waals surface area contributed by atoms with Crippen LogP contribution in [0, 0.1) is 12.8 Å². The Morgan fingerprint density at radius 3 is 2.54 bits per heavy atom. The summed E-state index contributed by atoms with van der Waals surface area (Å²) in [6, 6.07) is 8.50. The summed E-state index contributed by atoms with van der Waals surface area (Å²) in [4.78, 5) is 8.36. The maximum atomic E-state index is 8.36. The lowest BCUT2D eigenvalue weighted by Gasteiger charge is -2.07. The number of allylic oxidation sites excluding steroid dienone is 3. The number of carboxylic acid groups (broad SMARTS) is 1. The van der Waals surface area contributed by atoms with E-state index in [9.17, 15) is 0 Å². The molecule has 0 amide bonds. The predicted octanol–water partition coefficient (Wildman–Crippen LogP) is 6.05. The van der Waals surface area contributed by atoms with Gasteiger partial charge in [-0.25, -0.2) is 4.68 Å². The molecule has 4 nitrogen and oxygen atoms in total. The lowest BCUT2D eigenvalue weighted by molar-refractivity contribution is -0.122. The third-order valence-electron chi connectivity index (χ3n) is 3.87. The van der Waals surface area contributed by atoms with Crippen LogP contribution in [0.4, 0.5) is 0 Å². The molecule has 2 rings (SSSR count). The second-order valence-corrected chi connectivity index (χ2v) is 5.63. The third-order valence-corrected chi connectivity index (χ3v) is 3.87. The van der Waals surface area contributed by atoms with Crippen LogP contribution in [0.15, 0.2) is 55.4 Å². The Kier molecular flexibility index (Phi) is 12.3. The van der Waals surface area contributed by atoms with Crippen LogP contribution in [0.3, 0.4) is 0 Å². The van der Waals surface area contributed by atoms with E-state index in [0.717, 1.165) is 24.1 Å². The minimum absolute atomic E-state index is 0.250. The zero-order valence-corrected chi connectivity index (χ0v) is 16.6. The molecule has 0 bridgehead atoms. The van der Waals surface area contributed by atoms with Crippen molar-refractivity contribution >= 4 is 12.2 Å². The van der Waals surface area contributed by atoms with Gasteiger partial charge in [-0.3, -0.25) is 4.79 Å². The Morgan fingerprint density at radius 2 is 2.00 bits per heavy atom. The summed E-state index contributed by atoms with van der Waals surface area (Å²) < 4.78 is 1.95. The molecule has 0 fully saturated rings. The van der Waals surface area contributed by atoms with E-state index in [-0.39, 0.29) is 6.47 Å².